The van der Waals surface area contributed by atoms with Crippen LogP contribution in [-0.2, 0) is 14.3 Å². The standard InChI is InChI=1S/C14H28N2O3/c1-12(13(17)16-9-10-18-2)19-11-14(15)7-5-3-4-6-8-14/h12H,3-11,15H2,1-2H3,(H,16,17). The van der Waals surface area contributed by atoms with Gasteiger partial charge >= 0.3 is 0 Å². The van der Waals surface area contributed by atoms with E-state index in [4.69, 9.17) is 15.2 Å². The number of ether oxygens (including phenoxy) is 2. The molecule has 3 N–H and O–H groups in total. The minimum absolute atomic E-state index is 0.103. The Morgan fingerprint density at radius 3 is 2.53 bits per heavy atom. The monoisotopic (exact) mass is 272 g/mol. The lowest BCUT2D eigenvalue weighted by Crippen LogP contribution is -2.46. The van der Waals surface area contributed by atoms with Gasteiger partial charge in [-0.1, -0.05) is 25.7 Å². The molecule has 0 saturated heterocycles. The molecule has 19 heavy (non-hydrogen) atoms. The average molecular weight is 272 g/mol. The third kappa shape index (κ3) is 6.36. The van der Waals surface area contributed by atoms with E-state index in [-0.39, 0.29) is 11.4 Å². The van der Waals surface area contributed by atoms with Crippen LogP contribution in [0.4, 0.5) is 0 Å². The van der Waals surface area contributed by atoms with Crippen molar-refractivity contribution < 1.29 is 14.3 Å². The van der Waals surface area contributed by atoms with Crippen LogP contribution in [0.1, 0.15) is 45.4 Å². The third-order valence-corrected chi connectivity index (χ3v) is 3.69. The number of amides is 1. The predicted molar refractivity (Wildman–Crippen MR) is 74.9 cm³/mol. The smallest absolute Gasteiger partial charge is 0.248 e. The van der Waals surface area contributed by atoms with Crippen LogP contribution in [0.5, 0.6) is 0 Å². The lowest BCUT2D eigenvalue weighted by Gasteiger charge is -2.29. The summed E-state index contributed by atoms with van der Waals surface area (Å²) in [6.07, 6.45) is 6.36. The third-order valence-electron chi connectivity index (χ3n) is 3.69. The molecule has 1 unspecified atom stereocenters. The second kappa shape index (κ2) is 8.51. The van der Waals surface area contributed by atoms with Crippen LogP contribution in [0, 0.1) is 0 Å². The van der Waals surface area contributed by atoms with Crippen molar-refractivity contribution in [3.8, 4) is 0 Å². The highest BCUT2D eigenvalue weighted by Crippen LogP contribution is 2.25. The Balaban J connectivity index is 2.27. The van der Waals surface area contributed by atoms with Crippen molar-refractivity contribution in [3.63, 3.8) is 0 Å². The summed E-state index contributed by atoms with van der Waals surface area (Å²) < 4.78 is 10.5. The van der Waals surface area contributed by atoms with Crippen molar-refractivity contribution >= 4 is 5.91 Å². The van der Waals surface area contributed by atoms with E-state index in [1.165, 1.54) is 12.8 Å². The topological polar surface area (TPSA) is 73.6 Å². The Morgan fingerprint density at radius 2 is 1.95 bits per heavy atom. The van der Waals surface area contributed by atoms with Crippen LogP contribution in [-0.4, -0.2) is 44.4 Å². The minimum Gasteiger partial charge on any atom is -0.383 e. The molecule has 0 radical (unpaired) electrons. The first-order chi connectivity index (χ1) is 9.07. The van der Waals surface area contributed by atoms with E-state index in [0.717, 1.165) is 25.7 Å². The van der Waals surface area contributed by atoms with E-state index in [1.807, 2.05) is 0 Å². The summed E-state index contributed by atoms with van der Waals surface area (Å²) in [4.78, 5) is 11.7. The maximum Gasteiger partial charge on any atom is 0.248 e. The summed E-state index contributed by atoms with van der Waals surface area (Å²) in [5, 5.41) is 2.77. The van der Waals surface area contributed by atoms with E-state index < -0.39 is 6.10 Å². The van der Waals surface area contributed by atoms with E-state index in [1.54, 1.807) is 14.0 Å². The summed E-state index contributed by atoms with van der Waals surface area (Å²) in [7, 11) is 1.61. The summed E-state index contributed by atoms with van der Waals surface area (Å²) in [6.45, 7) is 3.25. The highest BCUT2D eigenvalue weighted by Gasteiger charge is 2.28. The SMILES string of the molecule is COCCNC(=O)C(C)OCC1(N)CCCCCC1. The lowest BCUT2D eigenvalue weighted by molar-refractivity contribution is -0.133. The van der Waals surface area contributed by atoms with E-state index in [2.05, 4.69) is 5.32 Å². The Labute approximate surface area is 116 Å². The largest absolute Gasteiger partial charge is 0.383 e. The number of nitrogens with one attached hydrogen (secondary N) is 1. The van der Waals surface area contributed by atoms with Gasteiger partial charge in [-0.3, -0.25) is 4.79 Å². The molecule has 0 aromatic rings. The van der Waals surface area contributed by atoms with Crippen LogP contribution in [0.15, 0.2) is 0 Å². The van der Waals surface area contributed by atoms with Gasteiger partial charge in [0, 0.05) is 19.2 Å². The number of hydrogen-bond donors (Lipinski definition) is 2. The van der Waals surface area contributed by atoms with Gasteiger partial charge in [-0.15, -0.1) is 0 Å². The van der Waals surface area contributed by atoms with Crippen molar-refractivity contribution in [2.45, 2.75) is 57.1 Å². The molecule has 1 rings (SSSR count). The van der Waals surface area contributed by atoms with E-state index in [9.17, 15) is 4.79 Å². The number of methoxy groups -OCH3 is 1. The molecule has 0 spiro atoms. The molecule has 112 valence electrons. The van der Waals surface area contributed by atoms with Gasteiger partial charge < -0.3 is 20.5 Å². The van der Waals surface area contributed by atoms with Gasteiger partial charge in [-0.05, 0) is 19.8 Å². The zero-order valence-corrected chi connectivity index (χ0v) is 12.2. The molecule has 0 aromatic carbocycles. The summed E-state index contributed by atoms with van der Waals surface area (Å²) >= 11 is 0. The molecule has 0 aromatic heterocycles. The molecule has 5 nitrogen and oxygen atoms in total. The van der Waals surface area contributed by atoms with Crippen LogP contribution >= 0.6 is 0 Å². The van der Waals surface area contributed by atoms with Gasteiger partial charge in [0.1, 0.15) is 6.10 Å². The van der Waals surface area contributed by atoms with Crippen molar-refractivity contribution in [3.05, 3.63) is 0 Å². The fraction of sp³-hybridized carbons (Fsp3) is 0.929. The van der Waals surface area contributed by atoms with Crippen LogP contribution in [0.3, 0.4) is 0 Å². The zero-order chi connectivity index (χ0) is 14.1. The molecule has 0 aliphatic heterocycles. The average Bonchev–Trinajstić information content (AvgIpc) is 2.61. The first-order valence-corrected chi connectivity index (χ1v) is 7.24. The first kappa shape index (κ1) is 16.4. The Kier molecular flexibility index (Phi) is 7.34. The van der Waals surface area contributed by atoms with E-state index in [0.29, 0.717) is 19.8 Å². The number of nitrogens with two attached hydrogens (primary N) is 1. The molecule has 1 aliphatic carbocycles. The van der Waals surface area contributed by atoms with Crippen molar-refractivity contribution in [2.75, 3.05) is 26.9 Å². The molecule has 1 atom stereocenters. The molecule has 1 amide bonds. The first-order valence-electron chi connectivity index (χ1n) is 7.24. The van der Waals surface area contributed by atoms with Gasteiger partial charge in [0.05, 0.1) is 13.2 Å². The molecule has 1 fully saturated rings. The Hall–Kier alpha value is -0.650. The predicted octanol–water partition coefficient (Wildman–Crippen LogP) is 1.21. The van der Waals surface area contributed by atoms with Crippen LogP contribution < -0.4 is 11.1 Å². The quantitative estimate of drug-likeness (QED) is 0.539. The van der Waals surface area contributed by atoms with Gasteiger partial charge in [0.15, 0.2) is 0 Å². The Bertz CT molecular complexity index is 263. The number of rotatable bonds is 7. The normalized spacial score (nSPS) is 20.6. The fourth-order valence-corrected chi connectivity index (χ4v) is 2.36. The second-order valence-electron chi connectivity index (χ2n) is 5.51. The molecule has 1 aliphatic rings. The number of hydrogen-bond acceptors (Lipinski definition) is 4. The van der Waals surface area contributed by atoms with Crippen molar-refractivity contribution in [1.29, 1.82) is 0 Å². The van der Waals surface area contributed by atoms with Crippen LogP contribution in [0.25, 0.3) is 0 Å². The molecule has 1 saturated carbocycles. The summed E-state index contributed by atoms with van der Waals surface area (Å²) in [5.41, 5.74) is 6.10. The maximum absolute atomic E-state index is 11.7. The highest BCUT2D eigenvalue weighted by molar-refractivity contribution is 5.80. The molecule has 0 bridgehead atoms. The summed E-state index contributed by atoms with van der Waals surface area (Å²) in [6, 6.07) is 0. The van der Waals surface area contributed by atoms with Gasteiger partial charge in [-0.2, -0.15) is 0 Å². The Morgan fingerprint density at radius 1 is 1.32 bits per heavy atom. The van der Waals surface area contributed by atoms with Gasteiger partial charge in [0.2, 0.25) is 5.91 Å². The lowest BCUT2D eigenvalue weighted by atomic mass is 9.92. The highest BCUT2D eigenvalue weighted by atomic mass is 16.5. The number of carbonyl (C=O) groups is 1. The summed E-state index contributed by atoms with van der Waals surface area (Å²) in [5.74, 6) is -0.103. The molecule has 0 heterocycles. The zero-order valence-electron chi connectivity index (χ0n) is 12.2. The van der Waals surface area contributed by atoms with Gasteiger partial charge in [-0.25, -0.2) is 0 Å². The van der Waals surface area contributed by atoms with Crippen LogP contribution in [0.2, 0.25) is 0 Å². The van der Waals surface area contributed by atoms with Crippen molar-refractivity contribution in [1.82, 2.24) is 5.32 Å². The van der Waals surface area contributed by atoms with E-state index >= 15 is 0 Å². The maximum atomic E-state index is 11.7. The molecular formula is C14H28N2O3. The minimum atomic E-state index is -0.458. The second-order valence-corrected chi connectivity index (χ2v) is 5.51. The molecular weight excluding hydrogens is 244 g/mol. The number of carbonyl (C=O) groups excluding carboxylic acids is 1. The van der Waals surface area contributed by atoms with Crippen molar-refractivity contribution in [2.24, 2.45) is 5.73 Å². The molecule has 5 heteroatoms. The fourth-order valence-electron chi connectivity index (χ4n) is 2.36. The van der Waals surface area contributed by atoms with Gasteiger partial charge in [0.25, 0.3) is 0 Å².